The van der Waals surface area contributed by atoms with Crippen molar-refractivity contribution < 1.29 is 34.0 Å². The molecule has 110 valence electrons. The Morgan fingerprint density at radius 1 is 1.25 bits per heavy atom. The summed E-state index contributed by atoms with van der Waals surface area (Å²) < 4.78 is 23.0. The highest BCUT2D eigenvalue weighted by Crippen LogP contribution is 2.22. The van der Waals surface area contributed by atoms with E-state index in [1.807, 2.05) is 0 Å². The standard InChI is InChI=1S/C13H15FO6/c1-6-9(15)10(16)11(17)13(19-6)20-12(18)7-3-2-4-8(14)5-7/h2-6,9-11,13,15-17H,1H3/t6-,9-,10+,11+,13-/m0/s1. The highest BCUT2D eigenvalue weighted by Gasteiger charge is 2.43. The molecule has 1 saturated heterocycles. The summed E-state index contributed by atoms with van der Waals surface area (Å²) in [5.41, 5.74) is -0.0472. The molecular weight excluding hydrogens is 271 g/mol. The van der Waals surface area contributed by atoms with Crippen LogP contribution in [0.3, 0.4) is 0 Å². The number of carbonyl (C=O) groups is 1. The summed E-state index contributed by atoms with van der Waals surface area (Å²) in [5.74, 6) is -1.50. The molecule has 1 aromatic carbocycles. The van der Waals surface area contributed by atoms with Gasteiger partial charge >= 0.3 is 5.97 Å². The van der Waals surface area contributed by atoms with Gasteiger partial charge in [0.15, 0.2) is 0 Å². The zero-order valence-corrected chi connectivity index (χ0v) is 10.6. The monoisotopic (exact) mass is 286 g/mol. The highest BCUT2D eigenvalue weighted by molar-refractivity contribution is 5.89. The second kappa shape index (κ2) is 5.84. The van der Waals surface area contributed by atoms with Crippen molar-refractivity contribution in [3.05, 3.63) is 35.6 Å². The number of halogens is 1. The van der Waals surface area contributed by atoms with Crippen LogP contribution in [0, 0.1) is 5.82 Å². The Morgan fingerprint density at radius 3 is 2.60 bits per heavy atom. The number of hydrogen-bond donors (Lipinski definition) is 3. The molecule has 0 unspecified atom stereocenters. The third-order valence-corrected chi connectivity index (χ3v) is 3.09. The predicted molar refractivity (Wildman–Crippen MR) is 64.2 cm³/mol. The fraction of sp³-hybridized carbons (Fsp3) is 0.462. The van der Waals surface area contributed by atoms with Crippen LogP contribution in [0.2, 0.25) is 0 Å². The zero-order chi connectivity index (χ0) is 14.9. The topological polar surface area (TPSA) is 96.2 Å². The number of aliphatic hydroxyl groups excluding tert-OH is 3. The normalized spacial score (nSPS) is 33.8. The summed E-state index contributed by atoms with van der Waals surface area (Å²) in [6.45, 7) is 1.46. The van der Waals surface area contributed by atoms with Gasteiger partial charge < -0.3 is 24.8 Å². The van der Waals surface area contributed by atoms with E-state index in [1.165, 1.54) is 25.1 Å². The molecule has 0 aromatic heterocycles. The first-order chi connectivity index (χ1) is 9.40. The number of benzene rings is 1. The van der Waals surface area contributed by atoms with Crippen molar-refractivity contribution in [2.24, 2.45) is 0 Å². The van der Waals surface area contributed by atoms with E-state index in [1.54, 1.807) is 0 Å². The fourth-order valence-electron chi connectivity index (χ4n) is 1.90. The molecule has 2 rings (SSSR count). The molecule has 0 radical (unpaired) electrons. The molecule has 7 heteroatoms. The van der Waals surface area contributed by atoms with Crippen LogP contribution in [0.4, 0.5) is 4.39 Å². The molecule has 1 aromatic rings. The van der Waals surface area contributed by atoms with Gasteiger partial charge in [0.25, 0.3) is 0 Å². The summed E-state index contributed by atoms with van der Waals surface area (Å²) in [6.07, 6.45) is -6.62. The average Bonchev–Trinajstić information content (AvgIpc) is 2.42. The largest absolute Gasteiger partial charge is 0.429 e. The van der Waals surface area contributed by atoms with Crippen LogP contribution < -0.4 is 0 Å². The number of hydrogen-bond acceptors (Lipinski definition) is 6. The summed E-state index contributed by atoms with van der Waals surface area (Å²) in [5, 5.41) is 28.8. The van der Waals surface area contributed by atoms with E-state index in [4.69, 9.17) is 9.47 Å². The lowest BCUT2D eigenvalue weighted by Crippen LogP contribution is -2.57. The van der Waals surface area contributed by atoms with Crippen molar-refractivity contribution in [1.82, 2.24) is 0 Å². The van der Waals surface area contributed by atoms with Crippen LogP contribution in [-0.2, 0) is 9.47 Å². The number of aliphatic hydroxyl groups is 3. The molecule has 1 aliphatic heterocycles. The summed E-state index contributed by atoms with van der Waals surface area (Å²) in [7, 11) is 0. The minimum absolute atomic E-state index is 0.0472. The summed E-state index contributed by atoms with van der Waals surface area (Å²) in [6, 6.07) is 4.83. The Kier molecular flexibility index (Phi) is 4.34. The van der Waals surface area contributed by atoms with E-state index in [0.29, 0.717) is 0 Å². The lowest BCUT2D eigenvalue weighted by Gasteiger charge is -2.38. The molecule has 5 atom stereocenters. The van der Waals surface area contributed by atoms with Gasteiger partial charge in [0.1, 0.15) is 24.1 Å². The van der Waals surface area contributed by atoms with Gasteiger partial charge in [-0.3, -0.25) is 0 Å². The minimum atomic E-state index is -1.58. The van der Waals surface area contributed by atoms with Crippen LogP contribution in [-0.4, -0.2) is 52.0 Å². The number of ether oxygens (including phenoxy) is 2. The molecule has 0 bridgehead atoms. The van der Waals surface area contributed by atoms with Crippen LogP contribution in [0.25, 0.3) is 0 Å². The third-order valence-electron chi connectivity index (χ3n) is 3.09. The van der Waals surface area contributed by atoms with E-state index in [9.17, 15) is 24.5 Å². The SMILES string of the molecule is C[C@@H]1O[C@@H](OC(=O)c2cccc(F)c2)[C@H](O)[C@H](O)[C@H]1O. The molecule has 1 fully saturated rings. The maximum atomic E-state index is 13.0. The molecule has 6 nitrogen and oxygen atoms in total. The Labute approximate surface area is 114 Å². The van der Waals surface area contributed by atoms with Crippen molar-refractivity contribution in [3.63, 3.8) is 0 Å². The smallest absolute Gasteiger partial charge is 0.340 e. The van der Waals surface area contributed by atoms with Gasteiger partial charge in [0.05, 0.1) is 11.7 Å². The van der Waals surface area contributed by atoms with E-state index in [0.717, 1.165) is 6.07 Å². The predicted octanol–water partition coefficient (Wildman–Crippen LogP) is -0.190. The maximum Gasteiger partial charge on any atom is 0.340 e. The summed E-state index contributed by atoms with van der Waals surface area (Å²) in [4.78, 5) is 11.8. The van der Waals surface area contributed by atoms with Crippen LogP contribution in [0.15, 0.2) is 24.3 Å². The molecule has 1 aliphatic rings. The van der Waals surface area contributed by atoms with Gasteiger partial charge in [-0.1, -0.05) is 6.07 Å². The highest BCUT2D eigenvalue weighted by atomic mass is 19.1. The van der Waals surface area contributed by atoms with E-state index < -0.39 is 42.5 Å². The van der Waals surface area contributed by atoms with Crippen molar-refractivity contribution in [3.8, 4) is 0 Å². The number of esters is 1. The molecule has 0 spiro atoms. The van der Waals surface area contributed by atoms with Crippen LogP contribution in [0.1, 0.15) is 17.3 Å². The third kappa shape index (κ3) is 2.96. The average molecular weight is 286 g/mol. The van der Waals surface area contributed by atoms with Gasteiger partial charge in [-0.25, -0.2) is 9.18 Å². The van der Waals surface area contributed by atoms with Crippen molar-refractivity contribution in [2.75, 3.05) is 0 Å². The minimum Gasteiger partial charge on any atom is -0.429 e. The molecule has 1 heterocycles. The van der Waals surface area contributed by atoms with Crippen LogP contribution >= 0.6 is 0 Å². The van der Waals surface area contributed by atoms with Gasteiger partial charge in [-0.05, 0) is 25.1 Å². The van der Waals surface area contributed by atoms with Crippen LogP contribution in [0.5, 0.6) is 0 Å². The Balaban J connectivity index is 2.07. The Bertz CT molecular complexity index is 494. The first-order valence-electron chi connectivity index (χ1n) is 6.06. The first kappa shape index (κ1) is 14.9. The lowest BCUT2D eigenvalue weighted by molar-refractivity contribution is -0.276. The lowest BCUT2D eigenvalue weighted by atomic mass is 10.00. The Morgan fingerprint density at radius 2 is 1.95 bits per heavy atom. The Hall–Kier alpha value is -1.54. The van der Waals surface area contributed by atoms with E-state index >= 15 is 0 Å². The first-order valence-corrected chi connectivity index (χ1v) is 6.06. The number of rotatable bonds is 2. The van der Waals surface area contributed by atoms with E-state index in [-0.39, 0.29) is 5.56 Å². The van der Waals surface area contributed by atoms with Gasteiger partial charge in [0, 0.05) is 0 Å². The summed E-state index contributed by atoms with van der Waals surface area (Å²) >= 11 is 0. The molecule has 20 heavy (non-hydrogen) atoms. The second-order valence-electron chi connectivity index (χ2n) is 4.60. The van der Waals surface area contributed by atoms with Crippen molar-refractivity contribution in [2.45, 2.75) is 37.6 Å². The molecule has 0 aliphatic carbocycles. The number of carbonyl (C=O) groups excluding carboxylic acids is 1. The maximum absolute atomic E-state index is 13.0. The van der Waals surface area contributed by atoms with Crippen molar-refractivity contribution >= 4 is 5.97 Å². The van der Waals surface area contributed by atoms with E-state index in [2.05, 4.69) is 0 Å². The van der Waals surface area contributed by atoms with Gasteiger partial charge in [0.2, 0.25) is 6.29 Å². The van der Waals surface area contributed by atoms with Gasteiger partial charge in [-0.2, -0.15) is 0 Å². The molecular formula is C13H15FO6. The van der Waals surface area contributed by atoms with Crippen molar-refractivity contribution in [1.29, 1.82) is 0 Å². The second-order valence-corrected chi connectivity index (χ2v) is 4.60. The molecule has 0 saturated carbocycles. The van der Waals surface area contributed by atoms with Gasteiger partial charge in [-0.15, -0.1) is 0 Å². The fourth-order valence-corrected chi connectivity index (χ4v) is 1.90. The zero-order valence-electron chi connectivity index (χ0n) is 10.6. The molecule has 0 amide bonds. The quantitative estimate of drug-likeness (QED) is 0.652. The molecule has 3 N–H and O–H groups in total.